The van der Waals surface area contributed by atoms with Crippen LogP contribution in [0.4, 0.5) is 10.5 Å². The van der Waals surface area contributed by atoms with E-state index in [1.165, 1.54) is 6.42 Å². The number of rotatable bonds is 4. The highest BCUT2D eigenvalue weighted by Gasteiger charge is 2.31. The van der Waals surface area contributed by atoms with Gasteiger partial charge in [-0.1, -0.05) is 11.6 Å². The Hall–Kier alpha value is -2.64. The van der Waals surface area contributed by atoms with Gasteiger partial charge in [0.05, 0.1) is 5.56 Å². The Kier molecular flexibility index (Phi) is 7.73. The average molecular weight is 484 g/mol. The van der Waals surface area contributed by atoms with E-state index in [1.54, 1.807) is 18.3 Å². The lowest BCUT2D eigenvalue weighted by molar-refractivity contribution is 0.0741. The Balaban J connectivity index is 1.41. The van der Waals surface area contributed by atoms with Crippen molar-refractivity contribution >= 4 is 29.2 Å². The van der Waals surface area contributed by atoms with Gasteiger partial charge in [0, 0.05) is 67.9 Å². The van der Waals surface area contributed by atoms with Crippen molar-refractivity contribution in [2.24, 2.45) is 0 Å². The van der Waals surface area contributed by atoms with Crippen molar-refractivity contribution < 1.29 is 9.59 Å². The highest BCUT2D eigenvalue weighted by atomic mass is 35.5. The minimum atomic E-state index is -0.206. The molecule has 0 aliphatic carbocycles. The third-order valence-electron chi connectivity index (χ3n) is 6.88. The molecule has 1 aromatic heterocycles. The number of pyridine rings is 1. The van der Waals surface area contributed by atoms with Gasteiger partial charge in [0.25, 0.3) is 5.91 Å². The van der Waals surface area contributed by atoms with Gasteiger partial charge in [-0.05, 0) is 75.4 Å². The largest absolute Gasteiger partial charge is 0.325 e. The quantitative estimate of drug-likeness (QED) is 0.683. The SMILES string of the molecule is Cc1ccc(C(=O)Nc2cc(Cl)cc(CN3CCN(C(=O)N4CCCCC4)C(C)C3)c2C)cn1. The molecule has 1 atom stereocenters. The van der Waals surface area contributed by atoms with Crippen LogP contribution < -0.4 is 5.32 Å². The molecule has 0 radical (unpaired) electrons. The molecule has 0 saturated carbocycles. The van der Waals surface area contributed by atoms with E-state index in [0.717, 1.165) is 68.9 Å². The van der Waals surface area contributed by atoms with Gasteiger partial charge >= 0.3 is 6.03 Å². The number of amides is 3. The highest BCUT2D eigenvalue weighted by molar-refractivity contribution is 6.31. The molecule has 2 fully saturated rings. The van der Waals surface area contributed by atoms with Crippen LogP contribution in [0.15, 0.2) is 30.5 Å². The lowest BCUT2D eigenvalue weighted by atomic mass is 10.0. The van der Waals surface area contributed by atoms with Crippen LogP contribution in [0, 0.1) is 13.8 Å². The van der Waals surface area contributed by atoms with E-state index in [2.05, 4.69) is 22.1 Å². The van der Waals surface area contributed by atoms with Crippen molar-refractivity contribution in [1.82, 2.24) is 19.7 Å². The molecule has 2 aliphatic heterocycles. The molecule has 4 rings (SSSR count). The number of halogens is 1. The maximum atomic E-state index is 13.0. The van der Waals surface area contributed by atoms with E-state index in [-0.39, 0.29) is 18.0 Å². The predicted octanol–water partition coefficient (Wildman–Crippen LogP) is 4.72. The van der Waals surface area contributed by atoms with Gasteiger partial charge in [-0.2, -0.15) is 0 Å². The first kappa shape index (κ1) is 24.5. The molecular formula is C26H34ClN5O2. The smallest absolute Gasteiger partial charge is 0.320 e. The number of carbonyl (C=O) groups excluding carboxylic acids is 2. The van der Waals surface area contributed by atoms with Gasteiger partial charge in [-0.25, -0.2) is 4.79 Å². The number of aromatic nitrogens is 1. The second-order valence-corrected chi connectivity index (χ2v) is 9.92. The topological polar surface area (TPSA) is 68.8 Å². The number of urea groups is 1. The number of benzene rings is 1. The summed E-state index contributed by atoms with van der Waals surface area (Å²) in [5.41, 5.74) is 4.16. The van der Waals surface area contributed by atoms with Gasteiger partial charge in [0.1, 0.15) is 0 Å². The van der Waals surface area contributed by atoms with Gasteiger partial charge in [0.2, 0.25) is 0 Å². The number of piperidine rings is 1. The lowest BCUT2D eigenvalue weighted by Gasteiger charge is -2.42. The summed E-state index contributed by atoms with van der Waals surface area (Å²) >= 11 is 6.43. The van der Waals surface area contributed by atoms with Crippen LogP contribution >= 0.6 is 11.6 Å². The van der Waals surface area contributed by atoms with E-state index in [9.17, 15) is 9.59 Å². The minimum Gasteiger partial charge on any atom is -0.325 e. The van der Waals surface area contributed by atoms with E-state index in [1.807, 2.05) is 35.8 Å². The zero-order valence-corrected chi connectivity index (χ0v) is 21.1. The number of piperazine rings is 1. The molecule has 0 bridgehead atoms. The Bertz CT molecular complexity index is 1040. The fourth-order valence-corrected chi connectivity index (χ4v) is 5.04. The number of hydrogen-bond donors (Lipinski definition) is 1. The number of nitrogens with one attached hydrogen (secondary N) is 1. The molecule has 1 unspecified atom stereocenters. The van der Waals surface area contributed by atoms with Crippen LogP contribution in [0.5, 0.6) is 0 Å². The van der Waals surface area contributed by atoms with Crippen LogP contribution in [0.2, 0.25) is 5.02 Å². The van der Waals surface area contributed by atoms with E-state index >= 15 is 0 Å². The summed E-state index contributed by atoms with van der Waals surface area (Å²) in [6, 6.07) is 7.68. The fraction of sp³-hybridized carbons (Fsp3) is 0.500. The first-order valence-corrected chi connectivity index (χ1v) is 12.5. The minimum absolute atomic E-state index is 0.149. The normalized spacial score (nSPS) is 19.2. The molecule has 3 amide bonds. The molecular weight excluding hydrogens is 450 g/mol. The average Bonchev–Trinajstić information content (AvgIpc) is 2.82. The summed E-state index contributed by atoms with van der Waals surface area (Å²) in [5, 5.41) is 3.58. The van der Waals surface area contributed by atoms with Crippen molar-refractivity contribution in [3.63, 3.8) is 0 Å². The summed E-state index contributed by atoms with van der Waals surface area (Å²) in [7, 11) is 0. The number of anilines is 1. The van der Waals surface area contributed by atoms with Gasteiger partial charge in [0.15, 0.2) is 0 Å². The van der Waals surface area contributed by atoms with Crippen LogP contribution in [-0.2, 0) is 6.54 Å². The molecule has 3 heterocycles. The Morgan fingerprint density at radius 3 is 2.53 bits per heavy atom. The van der Waals surface area contributed by atoms with Crippen molar-refractivity contribution in [3.8, 4) is 0 Å². The second-order valence-electron chi connectivity index (χ2n) is 9.49. The Labute approximate surface area is 207 Å². The van der Waals surface area contributed by atoms with Gasteiger partial charge in [-0.15, -0.1) is 0 Å². The first-order chi connectivity index (χ1) is 16.3. The molecule has 2 aromatic rings. The van der Waals surface area contributed by atoms with Crippen molar-refractivity contribution in [3.05, 3.63) is 57.9 Å². The first-order valence-electron chi connectivity index (χ1n) is 12.1. The van der Waals surface area contributed by atoms with E-state index < -0.39 is 0 Å². The summed E-state index contributed by atoms with van der Waals surface area (Å²) in [4.78, 5) is 36.3. The third-order valence-corrected chi connectivity index (χ3v) is 7.10. The number of aryl methyl sites for hydroxylation is 1. The molecule has 1 aromatic carbocycles. The van der Waals surface area contributed by atoms with Crippen LogP contribution in [0.1, 0.15) is 53.4 Å². The number of likely N-dealkylation sites (tertiary alicyclic amines) is 1. The number of hydrogen-bond acceptors (Lipinski definition) is 4. The molecule has 34 heavy (non-hydrogen) atoms. The highest BCUT2D eigenvalue weighted by Crippen LogP contribution is 2.27. The Morgan fingerprint density at radius 1 is 1.09 bits per heavy atom. The van der Waals surface area contributed by atoms with Crippen LogP contribution in [-0.4, -0.2) is 70.4 Å². The summed E-state index contributed by atoms with van der Waals surface area (Å²) < 4.78 is 0. The lowest BCUT2D eigenvalue weighted by Crippen LogP contribution is -2.57. The molecule has 182 valence electrons. The molecule has 0 spiro atoms. The number of carbonyl (C=O) groups is 2. The van der Waals surface area contributed by atoms with Gasteiger partial charge in [-0.3, -0.25) is 14.7 Å². The third kappa shape index (κ3) is 5.70. The van der Waals surface area contributed by atoms with Crippen molar-refractivity contribution in [2.45, 2.75) is 52.6 Å². The van der Waals surface area contributed by atoms with Crippen molar-refractivity contribution in [1.29, 1.82) is 0 Å². The summed E-state index contributed by atoms with van der Waals surface area (Å²) in [6.45, 7) is 10.8. The molecule has 2 saturated heterocycles. The number of nitrogens with zero attached hydrogens (tertiary/aromatic N) is 4. The van der Waals surface area contributed by atoms with E-state index in [4.69, 9.17) is 11.6 Å². The molecule has 1 N–H and O–H groups in total. The summed E-state index contributed by atoms with van der Waals surface area (Å²) in [5.74, 6) is -0.206. The zero-order valence-electron chi connectivity index (χ0n) is 20.3. The predicted molar refractivity (Wildman–Crippen MR) is 135 cm³/mol. The van der Waals surface area contributed by atoms with Crippen LogP contribution in [0.3, 0.4) is 0 Å². The Morgan fingerprint density at radius 2 is 1.85 bits per heavy atom. The van der Waals surface area contributed by atoms with Gasteiger partial charge < -0.3 is 15.1 Å². The van der Waals surface area contributed by atoms with Crippen LogP contribution in [0.25, 0.3) is 0 Å². The standard InChI is InChI=1S/C26H34ClN5O2/c1-18-7-8-21(15-28-18)25(33)29-24-14-23(27)13-22(20(24)3)17-30-11-12-32(19(2)16-30)26(34)31-9-5-4-6-10-31/h7-8,13-15,19H,4-6,9-12,16-17H2,1-3H3,(H,29,33). The maximum Gasteiger partial charge on any atom is 0.320 e. The second kappa shape index (κ2) is 10.7. The fourth-order valence-electron chi connectivity index (χ4n) is 4.79. The molecule has 2 aliphatic rings. The summed E-state index contributed by atoms with van der Waals surface area (Å²) in [6.07, 6.45) is 5.01. The maximum absolute atomic E-state index is 13.0. The zero-order chi connectivity index (χ0) is 24.2. The molecule has 7 nitrogen and oxygen atoms in total. The monoisotopic (exact) mass is 483 g/mol. The van der Waals surface area contributed by atoms with Crippen molar-refractivity contribution in [2.75, 3.05) is 38.0 Å². The van der Waals surface area contributed by atoms with E-state index in [0.29, 0.717) is 16.3 Å². The molecule has 8 heteroatoms.